The number of urea groups is 1. The average Bonchev–Trinajstić information content (AvgIpc) is 2.56. The molecule has 0 fully saturated rings. The van der Waals surface area contributed by atoms with Crippen LogP contribution in [0, 0.1) is 21.4 Å². The van der Waals surface area contributed by atoms with Gasteiger partial charge in [0.1, 0.15) is 23.1 Å². The molecule has 0 spiro atoms. The highest BCUT2D eigenvalue weighted by molar-refractivity contribution is 5.89. The van der Waals surface area contributed by atoms with Crippen molar-refractivity contribution in [3.63, 3.8) is 0 Å². The van der Waals surface area contributed by atoms with Crippen LogP contribution in [0.25, 0.3) is 0 Å². The van der Waals surface area contributed by atoms with Gasteiger partial charge in [-0.15, -0.1) is 0 Å². The zero-order chi connectivity index (χ0) is 18.4. The number of amides is 2. The summed E-state index contributed by atoms with van der Waals surface area (Å²) in [5, 5.41) is 25.2. The average molecular weight is 340 g/mol. The van der Waals surface area contributed by atoms with Crippen LogP contribution in [0.5, 0.6) is 11.5 Å². The van der Waals surface area contributed by atoms with E-state index in [1.54, 1.807) is 24.3 Å². The second-order valence-electron chi connectivity index (χ2n) is 5.43. The number of ether oxygens (including phenoxy) is 1. The minimum atomic E-state index is -0.576. The van der Waals surface area contributed by atoms with E-state index in [1.807, 2.05) is 19.9 Å². The summed E-state index contributed by atoms with van der Waals surface area (Å²) in [6.07, 6.45) is 0. The predicted octanol–water partition coefficient (Wildman–Crippen LogP) is 3.79. The molecule has 25 heavy (non-hydrogen) atoms. The highest BCUT2D eigenvalue weighted by Gasteiger charge is 2.12. The molecule has 8 heteroatoms. The number of rotatable bonds is 5. The molecule has 0 aliphatic carbocycles. The van der Waals surface area contributed by atoms with Crippen molar-refractivity contribution in [3.8, 4) is 17.6 Å². The van der Waals surface area contributed by atoms with Crippen LogP contribution >= 0.6 is 0 Å². The molecule has 0 aliphatic rings. The molecule has 2 aromatic carbocycles. The molecule has 2 aromatic rings. The Morgan fingerprint density at radius 2 is 1.92 bits per heavy atom. The maximum Gasteiger partial charge on any atom is 0.319 e. The van der Waals surface area contributed by atoms with Crippen LogP contribution in [0.1, 0.15) is 19.4 Å². The van der Waals surface area contributed by atoms with Crippen LogP contribution < -0.4 is 15.4 Å². The summed E-state index contributed by atoms with van der Waals surface area (Å²) in [5.41, 5.74) is 0.460. The molecular weight excluding hydrogens is 324 g/mol. The first-order valence-electron chi connectivity index (χ1n) is 7.43. The van der Waals surface area contributed by atoms with Crippen LogP contribution in [0.3, 0.4) is 0 Å². The van der Waals surface area contributed by atoms with E-state index < -0.39 is 4.92 Å². The molecule has 0 radical (unpaired) electrons. The van der Waals surface area contributed by atoms with Crippen molar-refractivity contribution in [1.82, 2.24) is 5.32 Å². The molecule has 2 amide bonds. The van der Waals surface area contributed by atoms with E-state index in [0.29, 0.717) is 11.4 Å². The number of benzene rings is 2. The number of nitrogens with one attached hydrogen (secondary N) is 2. The first kappa shape index (κ1) is 17.7. The zero-order valence-corrected chi connectivity index (χ0v) is 13.6. The van der Waals surface area contributed by atoms with Crippen molar-refractivity contribution in [1.29, 1.82) is 5.26 Å². The van der Waals surface area contributed by atoms with Gasteiger partial charge in [0.05, 0.1) is 4.92 Å². The van der Waals surface area contributed by atoms with Crippen molar-refractivity contribution in [3.05, 3.63) is 58.1 Å². The number of nitro benzene ring substituents is 1. The SMILES string of the molecule is CC(C)NC(=O)Nc1ccc(Oc2ccc([N+](=O)[O-])cc2C#N)cc1. The zero-order valence-electron chi connectivity index (χ0n) is 13.6. The van der Waals surface area contributed by atoms with Gasteiger partial charge in [0.2, 0.25) is 0 Å². The molecule has 0 saturated heterocycles. The number of nitro groups is 1. The molecule has 8 nitrogen and oxygen atoms in total. The summed E-state index contributed by atoms with van der Waals surface area (Å²) >= 11 is 0. The Balaban J connectivity index is 2.10. The minimum Gasteiger partial charge on any atom is -0.456 e. The molecule has 0 aromatic heterocycles. The van der Waals surface area contributed by atoms with Gasteiger partial charge in [0.15, 0.2) is 0 Å². The van der Waals surface area contributed by atoms with E-state index in [9.17, 15) is 14.9 Å². The molecule has 2 rings (SSSR count). The molecule has 0 saturated carbocycles. The van der Waals surface area contributed by atoms with Crippen molar-refractivity contribution >= 4 is 17.4 Å². The first-order chi connectivity index (χ1) is 11.9. The van der Waals surface area contributed by atoms with Crippen molar-refractivity contribution in [2.75, 3.05) is 5.32 Å². The van der Waals surface area contributed by atoms with Gasteiger partial charge in [-0.3, -0.25) is 10.1 Å². The summed E-state index contributed by atoms with van der Waals surface area (Å²) in [7, 11) is 0. The molecule has 0 atom stereocenters. The standard InChI is InChI=1S/C17H16N4O4/c1-11(2)19-17(22)20-13-3-6-15(7-4-13)25-16-8-5-14(21(23)24)9-12(16)10-18/h3-9,11H,1-2H3,(H2,19,20,22). The second kappa shape index (κ2) is 7.79. The second-order valence-corrected chi connectivity index (χ2v) is 5.43. The number of hydrogen-bond acceptors (Lipinski definition) is 5. The summed E-state index contributed by atoms with van der Waals surface area (Å²) in [6, 6.07) is 11.9. The smallest absolute Gasteiger partial charge is 0.319 e. The summed E-state index contributed by atoms with van der Waals surface area (Å²) in [4.78, 5) is 21.8. The van der Waals surface area contributed by atoms with Gasteiger partial charge in [-0.05, 0) is 44.2 Å². The molecule has 2 N–H and O–H groups in total. The Morgan fingerprint density at radius 3 is 2.48 bits per heavy atom. The van der Waals surface area contributed by atoms with Crippen molar-refractivity contribution < 1.29 is 14.5 Å². The maximum absolute atomic E-state index is 11.6. The van der Waals surface area contributed by atoms with Crippen LogP contribution in [0.2, 0.25) is 0 Å². The third-order valence-corrected chi connectivity index (χ3v) is 3.05. The molecule has 128 valence electrons. The van der Waals surface area contributed by atoms with Gasteiger partial charge in [0, 0.05) is 23.9 Å². The van der Waals surface area contributed by atoms with Crippen LogP contribution in [-0.2, 0) is 0 Å². The van der Waals surface area contributed by atoms with E-state index in [0.717, 1.165) is 6.07 Å². The summed E-state index contributed by atoms with van der Waals surface area (Å²) < 4.78 is 5.59. The van der Waals surface area contributed by atoms with Gasteiger partial charge < -0.3 is 15.4 Å². The van der Waals surface area contributed by atoms with Gasteiger partial charge in [-0.1, -0.05) is 0 Å². The van der Waals surface area contributed by atoms with Crippen molar-refractivity contribution in [2.45, 2.75) is 19.9 Å². The fourth-order valence-corrected chi connectivity index (χ4v) is 1.97. The Bertz CT molecular complexity index is 826. The molecular formula is C17H16N4O4. The minimum absolute atomic E-state index is 0.0224. The lowest BCUT2D eigenvalue weighted by molar-refractivity contribution is -0.384. The Morgan fingerprint density at radius 1 is 1.24 bits per heavy atom. The van der Waals surface area contributed by atoms with E-state index in [4.69, 9.17) is 10.00 Å². The van der Waals surface area contributed by atoms with E-state index >= 15 is 0 Å². The van der Waals surface area contributed by atoms with Gasteiger partial charge in [-0.2, -0.15) is 5.26 Å². The van der Waals surface area contributed by atoms with Gasteiger partial charge in [-0.25, -0.2) is 4.79 Å². The number of carbonyl (C=O) groups excluding carboxylic acids is 1. The largest absolute Gasteiger partial charge is 0.456 e. The lowest BCUT2D eigenvalue weighted by Gasteiger charge is -2.11. The fourth-order valence-electron chi connectivity index (χ4n) is 1.97. The predicted molar refractivity (Wildman–Crippen MR) is 91.6 cm³/mol. The van der Waals surface area contributed by atoms with Crippen LogP contribution in [0.15, 0.2) is 42.5 Å². The summed E-state index contributed by atoms with van der Waals surface area (Å²) in [5.74, 6) is 0.645. The Kier molecular flexibility index (Phi) is 5.53. The maximum atomic E-state index is 11.6. The Hall–Kier alpha value is -3.60. The number of non-ortho nitro benzene ring substituents is 1. The number of hydrogen-bond donors (Lipinski definition) is 2. The number of carbonyl (C=O) groups is 1. The monoisotopic (exact) mass is 340 g/mol. The van der Waals surface area contributed by atoms with Crippen molar-refractivity contribution in [2.24, 2.45) is 0 Å². The van der Waals surface area contributed by atoms with E-state index in [1.165, 1.54) is 12.1 Å². The Labute approximate surface area is 144 Å². The first-order valence-corrected chi connectivity index (χ1v) is 7.43. The van der Waals surface area contributed by atoms with E-state index in [-0.39, 0.29) is 29.1 Å². The quantitative estimate of drug-likeness (QED) is 0.634. The summed E-state index contributed by atoms with van der Waals surface area (Å²) in [6.45, 7) is 3.71. The van der Waals surface area contributed by atoms with Gasteiger partial charge in [0.25, 0.3) is 5.69 Å². The third-order valence-electron chi connectivity index (χ3n) is 3.05. The molecule has 0 unspecified atom stereocenters. The fraction of sp³-hybridized carbons (Fsp3) is 0.176. The third kappa shape index (κ3) is 4.94. The molecule has 0 heterocycles. The van der Waals surface area contributed by atoms with Crippen LogP contribution in [-0.4, -0.2) is 17.0 Å². The highest BCUT2D eigenvalue weighted by atomic mass is 16.6. The topological polar surface area (TPSA) is 117 Å². The molecule has 0 bridgehead atoms. The number of nitrogens with zero attached hydrogens (tertiary/aromatic N) is 2. The van der Waals surface area contributed by atoms with E-state index in [2.05, 4.69) is 10.6 Å². The number of nitriles is 1. The van der Waals surface area contributed by atoms with Gasteiger partial charge >= 0.3 is 6.03 Å². The van der Waals surface area contributed by atoms with Crippen LogP contribution in [0.4, 0.5) is 16.2 Å². The normalized spacial score (nSPS) is 10.0. The number of anilines is 1. The highest BCUT2D eigenvalue weighted by Crippen LogP contribution is 2.28. The lowest BCUT2D eigenvalue weighted by atomic mass is 10.2. The lowest BCUT2D eigenvalue weighted by Crippen LogP contribution is -2.34. The molecule has 0 aliphatic heterocycles.